The molecule has 2 N–H and O–H groups in total. The zero-order valence-corrected chi connectivity index (χ0v) is 19.1. The minimum atomic E-state index is -0.533. The van der Waals surface area contributed by atoms with E-state index in [0.29, 0.717) is 24.9 Å². The Labute approximate surface area is 187 Å². The Morgan fingerprint density at radius 2 is 2.06 bits per heavy atom. The van der Waals surface area contributed by atoms with Gasteiger partial charge >= 0.3 is 0 Å². The molecule has 3 fully saturated rings. The largest absolute Gasteiger partial charge is 0.392 e. The molecule has 6 atom stereocenters. The summed E-state index contributed by atoms with van der Waals surface area (Å²) in [5.41, 5.74) is 1.37. The fourth-order valence-electron chi connectivity index (χ4n) is 5.31. The third-order valence-corrected chi connectivity index (χ3v) is 7.25. The van der Waals surface area contributed by atoms with Crippen LogP contribution in [0.5, 0.6) is 0 Å². The fraction of sp³-hybridized carbons (Fsp3) is 0.731. The second-order valence-electron chi connectivity index (χ2n) is 9.52. The van der Waals surface area contributed by atoms with Crippen molar-refractivity contribution in [2.75, 3.05) is 26.3 Å². The van der Waals surface area contributed by atoms with Gasteiger partial charge < -0.3 is 19.8 Å². The lowest BCUT2D eigenvalue weighted by molar-refractivity contribution is -0.136. The lowest BCUT2D eigenvalue weighted by Gasteiger charge is -2.26. The lowest BCUT2D eigenvalue weighted by Crippen LogP contribution is -2.38. The summed E-state index contributed by atoms with van der Waals surface area (Å²) in [4.78, 5) is 14.1. The van der Waals surface area contributed by atoms with E-state index in [4.69, 9.17) is 4.74 Å². The summed E-state index contributed by atoms with van der Waals surface area (Å²) in [6.45, 7) is 6.18. The summed E-state index contributed by atoms with van der Waals surface area (Å²) in [5.74, 6) is 7.09. The second kappa shape index (κ2) is 11.9. The molecular formula is C26H39NO4. The van der Waals surface area contributed by atoms with E-state index in [-0.39, 0.29) is 30.5 Å². The molecule has 31 heavy (non-hydrogen) atoms. The Hall–Kier alpha value is -1.61. The quantitative estimate of drug-likeness (QED) is 0.353. The Morgan fingerprint density at radius 3 is 2.81 bits per heavy atom. The number of nitrogens with zero attached hydrogens (tertiary/aromatic N) is 1. The molecule has 0 aromatic heterocycles. The molecular weight excluding hydrogens is 390 g/mol. The number of aliphatic hydroxyl groups is 2. The van der Waals surface area contributed by atoms with Crippen molar-refractivity contribution in [1.29, 1.82) is 0 Å². The van der Waals surface area contributed by atoms with Crippen molar-refractivity contribution in [2.45, 2.75) is 71.0 Å². The summed E-state index contributed by atoms with van der Waals surface area (Å²) in [6.07, 6.45) is 12.0. The van der Waals surface area contributed by atoms with Gasteiger partial charge in [0.15, 0.2) is 0 Å². The molecule has 2 saturated carbocycles. The van der Waals surface area contributed by atoms with Gasteiger partial charge in [-0.15, -0.1) is 11.8 Å². The van der Waals surface area contributed by atoms with Gasteiger partial charge in [-0.3, -0.25) is 4.79 Å². The van der Waals surface area contributed by atoms with Gasteiger partial charge in [0.25, 0.3) is 0 Å². The molecule has 0 aromatic carbocycles. The fourth-order valence-corrected chi connectivity index (χ4v) is 5.31. The average Bonchev–Trinajstić information content (AvgIpc) is 3.30. The van der Waals surface area contributed by atoms with E-state index in [2.05, 4.69) is 17.9 Å². The third-order valence-electron chi connectivity index (χ3n) is 7.25. The molecule has 1 saturated heterocycles. The van der Waals surface area contributed by atoms with Gasteiger partial charge in [-0.05, 0) is 63.2 Å². The maximum atomic E-state index is 12.2. The van der Waals surface area contributed by atoms with Crippen molar-refractivity contribution >= 4 is 5.91 Å². The van der Waals surface area contributed by atoms with Gasteiger partial charge in [0.1, 0.15) is 6.61 Å². The number of carbonyl (C=O) groups excluding carboxylic acids is 1. The highest BCUT2D eigenvalue weighted by atomic mass is 16.5. The van der Waals surface area contributed by atoms with Crippen LogP contribution in [0.4, 0.5) is 0 Å². The number of likely N-dealkylation sites (tertiary alicyclic amines) is 1. The number of amides is 1. The molecule has 0 aromatic rings. The number of aliphatic hydroxyl groups excluding tert-OH is 2. The van der Waals surface area contributed by atoms with Crippen LogP contribution in [0.2, 0.25) is 0 Å². The standard InChI is InChI=1S/C26H39NO4/c1-3-4-8-19(2)24(28)10-9-22-23-16-20(15-21(23)17-25(22)29)11-14-31-18-26(30)27-12-6-5-7-13-27/h9-11,19,21-25,28-29H,5-8,12-18H2,1-2H3/t19-,21+,22-,23+,24-,25-/m1/s1. The zero-order chi connectivity index (χ0) is 22.2. The average molecular weight is 430 g/mol. The predicted molar refractivity (Wildman–Crippen MR) is 122 cm³/mol. The predicted octanol–water partition coefficient (Wildman–Crippen LogP) is 3.32. The van der Waals surface area contributed by atoms with E-state index in [1.54, 1.807) is 0 Å². The summed E-state index contributed by atoms with van der Waals surface area (Å²) >= 11 is 0. The van der Waals surface area contributed by atoms with E-state index >= 15 is 0 Å². The Kier molecular flexibility index (Phi) is 9.19. The van der Waals surface area contributed by atoms with Crippen LogP contribution >= 0.6 is 0 Å². The highest BCUT2D eigenvalue weighted by Gasteiger charge is 2.45. The maximum Gasteiger partial charge on any atom is 0.248 e. The Balaban J connectivity index is 1.45. The first-order valence-corrected chi connectivity index (χ1v) is 12.0. The number of rotatable bonds is 8. The van der Waals surface area contributed by atoms with Crippen LogP contribution < -0.4 is 0 Å². The van der Waals surface area contributed by atoms with E-state index < -0.39 is 6.10 Å². The molecule has 5 nitrogen and oxygen atoms in total. The Morgan fingerprint density at radius 1 is 1.29 bits per heavy atom. The highest BCUT2D eigenvalue weighted by molar-refractivity contribution is 5.77. The number of allylic oxidation sites excluding steroid dienone is 1. The third kappa shape index (κ3) is 6.68. The molecule has 3 rings (SSSR count). The first kappa shape index (κ1) is 24.0. The van der Waals surface area contributed by atoms with Crippen molar-refractivity contribution < 1.29 is 19.7 Å². The second-order valence-corrected chi connectivity index (χ2v) is 9.52. The topological polar surface area (TPSA) is 70.0 Å². The number of ether oxygens (including phenoxy) is 1. The van der Waals surface area contributed by atoms with Crippen LogP contribution in [0.1, 0.15) is 58.8 Å². The van der Waals surface area contributed by atoms with Crippen LogP contribution in [0.15, 0.2) is 23.8 Å². The van der Waals surface area contributed by atoms with Crippen molar-refractivity contribution in [3.05, 3.63) is 23.8 Å². The van der Waals surface area contributed by atoms with Crippen molar-refractivity contribution in [3.63, 3.8) is 0 Å². The zero-order valence-electron chi connectivity index (χ0n) is 19.1. The number of hydrogen-bond acceptors (Lipinski definition) is 4. The van der Waals surface area contributed by atoms with E-state index in [0.717, 1.165) is 45.2 Å². The molecule has 0 radical (unpaired) electrons. The van der Waals surface area contributed by atoms with Gasteiger partial charge in [0, 0.05) is 25.4 Å². The van der Waals surface area contributed by atoms with Gasteiger partial charge in [0.05, 0.1) is 18.8 Å². The lowest BCUT2D eigenvalue weighted by atomic mass is 9.89. The summed E-state index contributed by atoms with van der Waals surface area (Å²) < 4.78 is 5.64. The molecule has 2 aliphatic carbocycles. The van der Waals surface area contributed by atoms with Gasteiger partial charge in [-0.2, -0.15) is 0 Å². The van der Waals surface area contributed by atoms with E-state index in [9.17, 15) is 15.0 Å². The molecule has 1 amide bonds. The van der Waals surface area contributed by atoms with Crippen LogP contribution in [0, 0.1) is 35.5 Å². The first-order chi connectivity index (χ1) is 15.0. The first-order valence-electron chi connectivity index (χ1n) is 12.0. The molecule has 5 heteroatoms. The summed E-state index contributed by atoms with van der Waals surface area (Å²) in [7, 11) is 0. The van der Waals surface area contributed by atoms with Crippen LogP contribution in [0.25, 0.3) is 0 Å². The molecule has 172 valence electrons. The van der Waals surface area contributed by atoms with Gasteiger partial charge in [0.2, 0.25) is 5.91 Å². The van der Waals surface area contributed by atoms with Crippen LogP contribution in [0.3, 0.4) is 0 Å². The smallest absolute Gasteiger partial charge is 0.248 e. The SMILES string of the molecule is CC#CC[C@@H](C)[C@H](O)C=C[C@@H]1[C@H]2CC(=CCOCC(=O)N3CCCCC3)C[C@H]2C[C@H]1O. The number of carbonyl (C=O) groups is 1. The molecule has 0 bridgehead atoms. The number of hydrogen-bond donors (Lipinski definition) is 2. The molecule has 3 aliphatic rings. The van der Waals surface area contributed by atoms with Crippen LogP contribution in [-0.4, -0.2) is 59.5 Å². The highest BCUT2D eigenvalue weighted by Crippen LogP contribution is 2.50. The van der Waals surface area contributed by atoms with Gasteiger partial charge in [-0.1, -0.05) is 30.7 Å². The van der Waals surface area contributed by atoms with Crippen molar-refractivity contribution in [2.24, 2.45) is 23.7 Å². The van der Waals surface area contributed by atoms with E-state index in [1.165, 1.54) is 12.0 Å². The molecule has 1 aliphatic heterocycles. The van der Waals surface area contributed by atoms with Gasteiger partial charge in [-0.25, -0.2) is 0 Å². The van der Waals surface area contributed by atoms with E-state index in [1.807, 2.05) is 30.9 Å². The molecule has 1 heterocycles. The number of piperidine rings is 1. The Bertz CT molecular complexity index is 713. The minimum absolute atomic E-state index is 0.0851. The van der Waals surface area contributed by atoms with Crippen molar-refractivity contribution in [3.8, 4) is 11.8 Å². The van der Waals surface area contributed by atoms with Crippen LogP contribution in [-0.2, 0) is 9.53 Å². The number of fused-ring (bicyclic) bond motifs is 1. The monoisotopic (exact) mass is 429 g/mol. The molecule has 0 spiro atoms. The molecule has 0 unspecified atom stereocenters. The minimum Gasteiger partial charge on any atom is -0.392 e. The summed E-state index contributed by atoms with van der Waals surface area (Å²) in [5, 5.41) is 20.9. The normalized spacial score (nSPS) is 31.5. The maximum absolute atomic E-state index is 12.2. The van der Waals surface area contributed by atoms with Crippen molar-refractivity contribution in [1.82, 2.24) is 4.90 Å². The summed E-state index contributed by atoms with van der Waals surface area (Å²) in [6, 6.07) is 0.